The van der Waals surface area contributed by atoms with E-state index in [4.69, 9.17) is 0 Å². The fraction of sp³-hybridized carbons (Fsp3) is 0.625. The minimum Gasteiger partial charge on any atom is -0.316 e. The summed E-state index contributed by atoms with van der Waals surface area (Å²) >= 11 is 1.55. The van der Waals surface area contributed by atoms with Gasteiger partial charge in [-0.1, -0.05) is 26.7 Å². The lowest BCUT2D eigenvalue weighted by Crippen LogP contribution is -2.23. The summed E-state index contributed by atoms with van der Waals surface area (Å²) in [6, 6.07) is 2.28. The number of rotatable bonds is 6. The van der Waals surface area contributed by atoms with Gasteiger partial charge in [-0.05, 0) is 31.4 Å². The van der Waals surface area contributed by atoms with E-state index in [-0.39, 0.29) is 11.8 Å². The zero-order valence-corrected chi connectivity index (χ0v) is 13.6. The van der Waals surface area contributed by atoms with E-state index in [9.17, 15) is 10.1 Å². The molecule has 1 aliphatic rings. The molecule has 21 heavy (non-hydrogen) atoms. The van der Waals surface area contributed by atoms with Gasteiger partial charge in [0.15, 0.2) is 0 Å². The molecule has 1 aliphatic heterocycles. The molecule has 2 N–H and O–H groups in total. The van der Waals surface area contributed by atoms with Crippen molar-refractivity contribution < 1.29 is 4.79 Å². The average molecular weight is 305 g/mol. The first-order valence-electron chi connectivity index (χ1n) is 7.77. The smallest absolute Gasteiger partial charge is 0.228 e. The molecule has 114 valence electrons. The molecule has 0 fully saturated rings. The molecule has 0 aliphatic carbocycles. The number of anilines is 1. The van der Waals surface area contributed by atoms with Gasteiger partial charge >= 0.3 is 0 Å². The van der Waals surface area contributed by atoms with E-state index in [1.807, 2.05) is 0 Å². The molecule has 0 saturated heterocycles. The molecule has 1 unspecified atom stereocenters. The predicted octanol–water partition coefficient (Wildman–Crippen LogP) is 3.42. The lowest BCUT2D eigenvalue weighted by atomic mass is 9.98. The summed E-state index contributed by atoms with van der Waals surface area (Å²) in [5, 5.41) is 16.5. The van der Waals surface area contributed by atoms with Crippen LogP contribution in [-0.4, -0.2) is 12.5 Å². The van der Waals surface area contributed by atoms with Crippen LogP contribution in [0.2, 0.25) is 0 Å². The molecule has 1 aromatic rings. The minimum atomic E-state index is 0.0498. The van der Waals surface area contributed by atoms with Gasteiger partial charge < -0.3 is 10.6 Å². The summed E-state index contributed by atoms with van der Waals surface area (Å²) in [5.41, 5.74) is 1.80. The number of nitrogens with zero attached hydrogens (tertiary/aromatic N) is 1. The van der Waals surface area contributed by atoms with Crippen molar-refractivity contribution in [3.63, 3.8) is 0 Å². The van der Waals surface area contributed by atoms with Crippen LogP contribution in [0.25, 0.3) is 0 Å². The molecule has 1 atom stereocenters. The number of carbonyl (C=O) groups is 1. The zero-order chi connectivity index (χ0) is 15.2. The van der Waals surface area contributed by atoms with Crippen LogP contribution in [-0.2, 0) is 17.8 Å². The second-order valence-electron chi connectivity index (χ2n) is 5.48. The first-order chi connectivity index (χ1) is 10.2. The van der Waals surface area contributed by atoms with Crippen molar-refractivity contribution in [2.75, 3.05) is 11.9 Å². The first kappa shape index (κ1) is 16.0. The summed E-state index contributed by atoms with van der Waals surface area (Å²) in [6.07, 6.45) is 4.82. The summed E-state index contributed by atoms with van der Waals surface area (Å²) in [6.45, 7) is 5.89. The molecule has 4 nitrogen and oxygen atoms in total. The molecule has 0 radical (unpaired) electrons. The predicted molar refractivity (Wildman–Crippen MR) is 86.4 cm³/mol. The Labute approximate surface area is 130 Å². The molecule has 0 aromatic carbocycles. The summed E-state index contributed by atoms with van der Waals surface area (Å²) in [5.74, 6) is 0.114. The third-order valence-electron chi connectivity index (χ3n) is 4.05. The molecule has 0 spiro atoms. The maximum Gasteiger partial charge on any atom is 0.228 e. The molecular weight excluding hydrogens is 282 g/mol. The molecule has 1 amide bonds. The number of unbranched alkanes of at least 4 members (excludes halogenated alkanes) is 1. The van der Waals surface area contributed by atoms with Crippen molar-refractivity contribution >= 4 is 22.2 Å². The van der Waals surface area contributed by atoms with Gasteiger partial charge in [0.2, 0.25) is 5.91 Å². The molecular formula is C16H23N3OS. The Morgan fingerprint density at radius 1 is 1.52 bits per heavy atom. The molecule has 1 aromatic heterocycles. The Balaban J connectivity index is 2.13. The van der Waals surface area contributed by atoms with Gasteiger partial charge in [-0.15, -0.1) is 11.3 Å². The maximum absolute atomic E-state index is 12.4. The molecule has 0 saturated carbocycles. The average Bonchev–Trinajstić information content (AvgIpc) is 2.85. The Bertz CT molecular complexity index is 544. The van der Waals surface area contributed by atoms with Gasteiger partial charge in [0, 0.05) is 17.3 Å². The monoisotopic (exact) mass is 305 g/mol. The minimum absolute atomic E-state index is 0.0498. The van der Waals surface area contributed by atoms with Gasteiger partial charge in [-0.3, -0.25) is 4.79 Å². The van der Waals surface area contributed by atoms with E-state index in [0.717, 1.165) is 55.8 Å². The highest BCUT2D eigenvalue weighted by atomic mass is 32.1. The van der Waals surface area contributed by atoms with Crippen molar-refractivity contribution in [1.82, 2.24) is 5.32 Å². The normalized spacial score (nSPS) is 15.1. The number of carbonyl (C=O) groups excluding carboxylic acids is 1. The van der Waals surface area contributed by atoms with Gasteiger partial charge in [0.1, 0.15) is 11.1 Å². The number of hydrogen-bond acceptors (Lipinski definition) is 4. The Hall–Kier alpha value is -1.38. The molecule has 2 rings (SSSR count). The van der Waals surface area contributed by atoms with E-state index in [0.29, 0.717) is 5.56 Å². The Morgan fingerprint density at radius 3 is 3.00 bits per heavy atom. The van der Waals surface area contributed by atoms with Crippen molar-refractivity contribution in [2.45, 2.75) is 52.5 Å². The summed E-state index contributed by atoms with van der Waals surface area (Å²) in [4.78, 5) is 13.6. The van der Waals surface area contributed by atoms with Crippen LogP contribution in [0.5, 0.6) is 0 Å². The number of hydrogen-bond donors (Lipinski definition) is 2. The quantitative estimate of drug-likeness (QED) is 0.846. The van der Waals surface area contributed by atoms with Crippen LogP contribution in [0.3, 0.4) is 0 Å². The second-order valence-corrected chi connectivity index (χ2v) is 6.59. The highest BCUT2D eigenvalue weighted by Gasteiger charge is 2.23. The number of nitrogens with one attached hydrogen (secondary N) is 2. The highest BCUT2D eigenvalue weighted by Crippen LogP contribution is 2.35. The Morgan fingerprint density at radius 2 is 2.33 bits per heavy atom. The first-order valence-corrected chi connectivity index (χ1v) is 8.59. The SMILES string of the molecule is CCCCC(CC)C(=O)Nc1sc2c(c1C#N)CCNC2. The topological polar surface area (TPSA) is 64.9 Å². The van der Waals surface area contributed by atoms with Gasteiger partial charge in [0.05, 0.1) is 5.56 Å². The van der Waals surface area contributed by atoms with Crippen LogP contribution in [0.15, 0.2) is 0 Å². The third kappa shape index (κ3) is 3.63. The van der Waals surface area contributed by atoms with Gasteiger partial charge in [0.25, 0.3) is 0 Å². The van der Waals surface area contributed by atoms with E-state index in [1.165, 1.54) is 4.88 Å². The fourth-order valence-electron chi connectivity index (χ4n) is 2.73. The molecule has 0 bridgehead atoms. The van der Waals surface area contributed by atoms with Crippen LogP contribution in [0, 0.1) is 17.2 Å². The zero-order valence-electron chi connectivity index (χ0n) is 12.8. The number of nitriles is 1. The lowest BCUT2D eigenvalue weighted by Gasteiger charge is -2.14. The largest absolute Gasteiger partial charge is 0.316 e. The van der Waals surface area contributed by atoms with E-state index in [1.54, 1.807) is 11.3 Å². The van der Waals surface area contributed by atoms with Gasteiger partial charge in [-0.25, -0.2) is 0 Å². The maximum atomic E-state index is 12.4. The van der Waals surface area contributed by atoms with Crippen LogP contribution >= 0.6 is 11.3 Å². The highest BCUT2D eigenvalue weighted by molar-refractivity contribution is 7.16. The Kier molecular flexibility index (Phi) is 5.77. The van der Waals surface area contributed by atoms with E-state index < -0.39 is 0 Å². The number of fused-ring (bicyclic) bond motifs is 1. The van der Waals surface area contributed by atoms with Crippen LogP contribution in [0.4, 0.5) is 5.00 Å². The van der Waals surface area contributed by atoms with E-state index >= 15 is 0 Å². The lowest BCUT2D eigenvalue weighted by molar-refractivity contribution is -0.120. The van der Waals surface area contributed by atoms with Crippen molar-refractivity contribution in [3.8, 4) is 6.07 Å². The van der Waals surface area contributed by atoms with E-state index in [2.05, 4.69) is 30.6 Å². The standard InChI is InChI=1S/C16H23N3OS/c1-3-5-6-11(4-2)15(20)19-16-13(9-17)12-7-8-18-10-14(12)21-16/h11,18H,3-8,10H2,1-2H3,(H,19,20). The molecule has 2 heterocycles. The number of amides is 1. The summed E-state index contributed by atoms with van der Waals surface area (Å²) in [7, 11) is 0. The van der Waals surface area contributed by atoms with Crippen molar-refractivity contribution in [3.05, 3.63) is 16.0 Å². The fourth-order valence-corrected chi connectivity index (χ4v) is 3.90. The third-order valence-corrected chi connectivity index (χ3v) is 5.19. The molecule has 5 heteroatoms. The second kappa shape index (κ2) is 7.58. The van der Waals surface area contributed by atoms with Crippen molar-refractivity contribution in [2.24, 2.45) is 5.92 Å². The number of thiophene rings is 1. The van der Waals surface area contributed by atoms with Crippen LogP contribution < -0.4 is 10.6 Å². The summed E-state index contributed by atoms with van der Waals surface area (Å²) < 4.78 is 0. The van der Waals surface area contributed by atoms with Crippen molar-refractivity contribution in [1.29, 1.82) is 5.26 Å². The van der Waals surface area contributed by atoms with Crippen LogP contribution in [0.1, 0.15) is 55.5 Å². The van der Waals surface area contributed by atoms with Gasteiger partial charge in [-0.2, -0.15) is 5.26 Å².